The zero-order valence-electron chi connectivity index (χ0n) is 34.1. The highest BCUT2D eigenvalue weighted by Gasteiger charge is 2.21. The summed E-state index contributed by atoms with van der Waals surface area (Å²) in [5.74, 6) is 0. The van der Waals surface area contributed by atoms with Crippen molar-refractivity contribution in [3.05, 3.63) is 242 Å². The molecular weight excluding hydrogens is 737 g/mol. The van der Waals surface area contributed by atoms with Gasteiger partial charge in [0, 0.05) is 33.5 Å². The molecule has 0 radical (unpaired) electrons. The summed E-state index contributed by atoms with van der Waals surface area (Å²) in [6.07, 6.45) is 6.27. The van der Waals surface area contributed by atoms with E-state index in [1.165, 1.54) is 32.8 Å². The number of hydrogen-bond donors (Lipinski definition) is 0. The Hall–Kier alpha value is -7.94. The maximum absolute atomic E-state index is 4.28. The molecule has 0 aliphatic rings. The molecule has 0 saturated carbocycles. The van der Waals surface area contributed by atoms with Crippen molar-refractivity contribution in [2.75, 3.05) is 4.90 Å². The normalized spacial score (nSPS) is 11.4. The first-order valence-corrected chi connectivity index (χ1v) is 20.9. The van der Waals surface area contributed by atoms with E-state index in [-0.39, 0.29) is 0 Å². The fourth-order valence-corrected chi connectivity index (χ4v) is 8.80. The van der Waals surface area contributed by atoms with Gasteiger partial charge in [-0.05, 0) is 106 Å². The highest BCUT2D eigenvalue weighted by Crippen LogP contribution is 2.45. The molecule has 1 aromatic heterocycles. The highest BCUT2D eigenvalue weighted by molar-refractivity contribution is 5.97. The van der Waals surface area contributed by atoms with Gasteiger partial charge in [-0.25, -0.2) is 0 Å². The van der Waals surface area contributed by atoms with Crippen LogP contribution in [0.15, 0.2) is 231 Å². The van der Waals surface area contributed by atoms with Gasteiger partial charge in [0.25, 0.3) is 0 Å². The summed E-state index contributed by atoms with van der Waals surface area (Å²) in [5, 5.41) is 3.66. The SMILES string of the molecule is C=Cc1c(/C=C\C)c2ccccc2n1-c1ccccc1-c1ccc(N(c2cccc(-c3ccccc3)c2)c2cc(-c3ccc4ccccc4c3)ccc2-c2ccccc2)cc1. The van der Waals surface area contributed by atoms with E-state index in [0.717, 1.165) is 67.3 Å². The molecule has 0 fully saturated rings. The molecule has 0 bridgehead atoms. The van der Waals surface area contributed by atoms with Gasteiger partial charge in [0.05, 0.1) is 22.6 Å². The fourth-order valence-electron chi connectivity index (χ4n) is 8.80. The quantitative estimate of drug-likeness (QED) is 0.134. The maximum Gasteiger partial charge on any atom is 0.0546 e. The second-order valence-electron chi connectivity index (χ2n) is 15.3. The number of benzene rings is 9. The molecular formula is C59H44N2. The van der Waals surface area contributed by atoms with Crippen molar-refractivity contribution in [1.29, 1.82) is 0 Å². The Balaban J connectivity index is 1.16. The van der Waals surface area contributed by atoms with Crippen LogP contribution in [0.4, 0.5) is 17.1 Å². The van der Waals surface area contributed by atoms with Gasteiger partial charge in [0.1, 0.15) is 0 Å². The molecule has 10 aromatic rings. The van der Waals surface area contributed by atoms with Gasteiger partial charge < -0.3 is 9.47 Å². The Morgan fingerprint density at radius 3 is 1.84 bits per heavy atom. The highest BCUT2D eigenvalue weighted by atomic mass is 15.1. The van der Waals surface area contributed by atoms with E-state index in [2.05, 4.69) is 254 Å². The van der Waals surface area contributed by atoms with Crippen LogP contribution < -0.4 is 4.90 Å². The molecule has 1 heterocycles. The predicted molar refractivity (Wildman–Crippen MR) is 262 cm³/mol. The first-order valence-electron chi connectivity index (χ1n) is 20.9. The Morgan fingerprint density at radius 2 is 1.05 bits per heavy atom. The minimum atomic E-state index is 1.06. The third-order valence-electron chi connectivity index (χ3n) is 11.7. The fraction of sp³-hybridized carbons (Fsp3) is 0.0169. The van der Waals surface area contributed by atoms with Crippen LogP contribution in [0.1, 0.15) is 18.2 Å². The molecule has 0 amide bonds. The molecule has 0 aliphatic carbocycles. The number of hydrogen-bond acceptors (Lipinski definition) is 1. The van der Waals surface area contributed by atoms with Gasteiger partial charge in [-0.2, -0.15) is 0 Å². The van der Waals surface area contributed by atoms with Crippen LogP contribution in [-0.4, -0.2) is 4.57 Å². The largest absolute Gasteiger partial charge is 0.310 e. The lowest BCUT2D eigenvalue weighted by Crippen LogP contribution is -2.11. The van der Waals surface area contributed by atoms with Gasteiger partial charge in [-0.15, -0.1) is 0 Å². The van der Waals surface area contributed by atoms with Crippen molar-refractivity contribution in [1.82, 2.24) is 4.57 Å². The summed E-state index contributed by atoms with van der Waals surface area (Å²) in [6, 6.07) is 78.9. The summed E-state index contributed by atoms with van der Waals surface area (Å²) in [4.78, 5) is 2.42. The zero-order chi connectivity index (χ0) is 41.1. The molecule has 10 rings (SSSR count). The van der Waals surface area contributed by atoms with Crippen LogP contribution in [0.3, 0.4) is 0 Å². The third-order valence-corrected chi connectivity index (χ3v) is 11.7. The molecule has 61 heavy (non-hydrogen) atoms. The predicted octanol–water partition coefficient (Wildman–Crippen LogP) is 16.6. The number of anilines is 3. The molecule has 2 nitrogen and oxygen atoms in total. The van der Waals surface area contributed by atoms with Crippen LogP contribution in [0.25, 0.3) is 84.0 Å². The second kappa shape index (κ2) is 16.4. The molecule has 0 aliphatic heterocycles. The number of para-hydroxylation sites is 2. The summed E-state index contributed by atoms with van der Waals surface area (Å²) in [6.45, 7) is 6.35. The first-order chi connectivity index (χ1) is 30.2. The molecule has 0 atom stereocenters. The Labute approximate surface area is 358 Å². The number of rotatable bonds is 10. The van der Waals surface area contributed by atoms with Crippen LogP contribution in [-0.2, 0) is 0 Å². The van der Waals surface area contributed by atoms with Crippen molar-refractivity contribution in [2.24, 2.45) is 0 Å². The number of nitrogens with zero attached hydrogens (tertiary/aromatic N) is 2. The van der Waals surface area contributed by atoms with Gasteiger partial charge in [-0.1, -0.05) is 189 Å². The summed E-state index contributed by atoms with van der Waals surface area (Å²) < 4.78 is 2.35. The maximum atomic E-state index is 4.28. The van der Waals surface area contributed by atoms with Crippen LogP contribution in [0, 0.1) is 0 Å². The molecule has 290 valence electrons. The van der Waals surface area contributed by atoms with E-state index in [9.17, 15) is 0 Å². The van der Waals surface area contributed by atoms with Gasteiger partial charge >= 0.3 is 0 Å². The van der Waals surface area contributed by atoms with Crippen molar-refractivity contribution in [2.45, 2.75) is 6.92 Å². The van der Waals surface area contributed by atoms with E-state index in [4.69, 9.17) is 0 Å². The van der Waals surface area contributed by atoms with E-state index in [1.807, 2.05) is 6.08 Å². The summed E-state index contributed by atoms with van der Waals surface area (Å²) in [7, 11) is 0. The van der Waals surface area contributed by atoms with E-state index < -0.39 is 0 Å². The Bertz CT molecular complexity index is 3210. The lowest BCUT2D eigenvalue weighted by Gasteiger charge is -2.29. The minimum absolute atomic E-state index is 1.06. The van der Waals surface area contributed by atoms with Crippen molar-refractivity contribution >= 4 is 50.9 Å². The standard InChI is InChI=1S/C59H44N2/c1-3-18-54-55-28-14-16-30-58(55)61(56(54)4-2)57-29-15-13-27-52(57)45-33-36-50(37-34-45)60(51-26-17-25-47(40-51)42-19-7-5-8-20-42)59-41-49(35-38-53(59)44-22-9-6-10-23-44)48-32-31-43-21-11-12-24-46(43)39-48/h3-41H,2H2,1H3/b18-3-. The van der Waals surface area contributed by atoms with E-state index >= 15 is 0 Å². The van der Waals surface area contributed by atoms with Crippen LogP contribution in [0.2, 0.25) is 0 Å². The van der Waals surface area contributed by atoms with Crippen LogP contribution in [0.5, 0.6) is 0 Å². The lowest BCUT2D eigenvalue weighted by molar-refractivity contribution is 1.11. The minimum Gasteiger partial charge on any atom is -0.310 e. The lowest BCUT2D eigenvalue weighted by atomic mass is 9.95. The molecule has 9 aromatic carbocycles. The van der Waals surface area contributed by atoms with Crippen LogP contribution >= 0.6 is 0 Å². The average molecular weight is 781 g/mol. The second-order valence-corrected chi connectivity index (χ2v) is 15.3. The molecule has 0 spiro atoms. The summed E-state index contributed by atoms with van der Waals surface area (Å²) >= 11 is 0. The smallest absolute Gasteiger partial charge is 0.0546 e. The summed E-state index contributed by atoms with van der Waals surface area (Å²) in [5.41, 5.74) is 17.0. The molecule has 0 saturated heterocycles. The van der Waals surface area contributed by atoms with E-state index in [0.29, 0.717) is 0 Å². The van der Waals surface area contributed by atoms with Crippen molar-refractivity contribution < 1.29 is 0 Å². The molecule has 0 N–H and O–H groups in total. The first kappa shape index (κ1) is 37.3. The monoisotopic (exact) mass is 780 g/mol. The topological polar surface area (TPSA) is 8.17 Å². The van der Waals surface area contributed by atoms with Crippen molar-refractivity contribution in [3.63, 3.8) is 0 Å². The van der Waals surface area contributed by atoms with Gasteiger partial charge in [0.2, 0.25) is 0 Å². The van der Waals surface area contributed by atoms with Gasteiger partial charge in [0.15, 0.2) is 0 Å². The van der Waals surface area contributed by atoms with E-state index in [1.54, 1.807) is 0 Å². The Kier molecular flexibility index (Phi) is 10.0. The average Bonchev–Trinajstić information content (AvgIpc) is 3.65. The molecule has 0 unspecified atom stereocenters. The molecule has 2 heteroatoms. The van der Waals surface area contributed by atoms with Gasteiger partial charge in [-0.3, -0.25) is 0 Å². The number of aromatic nitrogens is 1. The number of fused-ring (bicyclic) bond motifs is 2. The van der Waals surface area contributed by atoms with Crippen molar-refractivity contribution in [3.8, 4) is 50.2 Å². The third kappa shape index (κ3) is 7.05. The zero-order valence-corrected chi connectivity index (χ0v) is 34.1. The Morgan fingerprint density at radius 1 is 0.443 bits per heavy atom. The number of allylic oxidation sites excluding steroid dienone is 1.